The van der Waals surface area contributed by atoms with Crippen LogP contribution in [0.5, 0.6) is 0 Å². The summed E-state index contributed by atoms with van der Waals surface area (Å²) in [6.45, 7) is 2.34. The van der Waals surface area contributed by atoms with Crippen molar-refractivity contribution in [2.45, 2.75) is 57.4 Å². The van der Waals surface area contributed by atoms with Gasteiger partial charge in [0, 0.05) is 30.1 Å². The molecule has 34 heavy (non-hydrogen) atoms. The number of aryl methyl sites for hydroxylation is 1. The Balaban J connectivity index is 1.43. The predicted octanol–water partition coefficient (Wildman–Crippen LogP) is 3.42. The molecule has 1 aromatic rings. The molecule has 10 heteroatoms. The van der Waals surface area contributed by atoms with Crippen LogP contribution in [-0.4, -0.2) is 56.3 Å². The topological polar surface area (TPSA) is 117 Å². The number of nitrogens with one attached hydrogen (secondary N) is 2. The van der Waals surface area contributed by atoms with Gasteiger partial charge < -0.3 is 10.1 Å². The number of benzene rings is 1. The maximum atomic E-state index is 13.0. The summed E-state index contributed by atoms with van der Waals surface area (Å²) in [5, 5.41) is 6.76. The van der Waals surface area contributed by atoms with E-state index in [0.29, 0.717) is 30.0 Å². The van der Waals surface area contributed by atoms with E-state index in [1.165, 1.54) is 29.3 Å². The van der Waals surface area contributed by atoms with E-state index < -0.39 is 21.7 Å². The first-order chi connectivity index (χ1) is 16.2. The summed E-state index contributed by atoms with van der Waals surface area (Å²) in [4.78, 5) is 29.1. The molecule has 9 nitrogen and oxygen atoms in total. The molecule has 2 amide bonds. The number of nitrogens with zero attached hydrogens (tertiary/aromatic N) is 2. The smallest absolute Gasteiger partial charge is 0.411 e. The van der Waals surface area contributed by atoms with E-state index in [0.717, 1.165) is 37.1 Å². The van der Waals surface area contributed by atoms with Gasteiger partial charge in [-0.15, -0.1) is 0 Å². The Morgan fingerprint density at radius 2 is 1.94 bits per heavy atom. The zero-order chi connectivity index (χ0) is 24.3. The monoisotopic (exact) mass is 488 g/mol. The standard InChI is InChI=1S/C24H32N4O5S/c1-17-8-9-20(25-23(30)33-2)16-19(17)10-15-34(31,32)28-13-11-24(12-14-28)22(29)26-21(27-24)18-6-4-3-5-7-18/h8-10,15-16,18H,3-7,11-14H2,1-2H3,(H,25,30)(H,26,27,29). The molecule has 1 aliphatic carbocycles. The van der Waals surface area contributed by atoms with Crippen LogP contribution in [-0.2, 0) is 19.6 Å². The lowest BCUT2D eigenvalue weighted by atomic mass is 9.88. The fourth-order valence-corrected chi connectivity index (χ4v) is 6.06. The minimum atomic E-state index is -3.68. The van der Waals surface area contributed by atoms with Crippen molar-refractivity contribution >= 4 is 39.6 Å². The molecule has 1 spiro atoms. The second kappa shape index (κ2) is 9.87. The molecule has 0 unspecified atom stereocenters. The number of sulfonamides is 1. The highest BCUT2D eigenvalue weighted by Crippen LogP contribution is 2.35. The summed E-state index contributed by atoms with van der Waals surface area (Å²) in [6, 6.07) is 5.20. The summed E-state index contributed by atoms with van der Waals surface area (Å²) >= 11 is 0. The van der Waals surface area contributed by atoms with Gasteiger partial charge in [-0.05, 0) is 61.9 Å². The van der Waals surface area contributed by atoms with E-state index >= 15 is 0 Å². The number of methoxy groups -OCH3 is 1. The number of hydrogen-bond acceptors (Lipinski definition) is 6. The molecule has 1 saturated heterocycles. The van der Waals surface area contributed by atoms with Crippen LogP contribution in [0.2, 0.25) is 0 Å². The van der Waals surface area contributed by atoms with Crippen LogP contribution in [0, 0.1) is 12.8 Å². The van der Waals surface area contributed by atoms with Crippen LogP contribution in [0.15, 0.2) is 28.6 Å². The number of piperidine rings is 1. The summed E-state index contributed by atoms with van der Waals surface area (Å²) in [5.41, 5.74) is 1.20. The number of amidine groups is 1. The molecule has 1 saturated carbocycles. The highest BCUT2D eigenvalue weighted by Gasteiger charge is 2.48. The van der Waals surface area contributed by atoms with E-state index in [1.54, 1.807) is 18.2 Å². The first kappa shape index (κ1) is 24.4. The number of anilines is 1. The lowest BCUT2D eigenvalue weighted by Gasteiger charge is -2.34. The number of aliphatic imine (C=N–C) groups is 1. The van der Waals surface area contributed by atoms with Crippen LogP contribution >= 0.6 is 0 Å². The van der Waals surface area contributed by atoms with Gasteiger partial charge in [0.25, 0.3) is 5.91 Å². The molecule has 3 aliphatic rings. The van der Waals surface area contributed by atoms with Gasteiger partial charge in [-0.3, -0.25) is 15.1 Å². The van der Waals surface area contributed by atoms with Gasteiger partial charge >= 0.3 is 6.09 Å². The van der Waals surface area contributed by atoms with Gasteiger partial charge in [0.15, 0.2) is 0 Å². The van der Waals surface area contributed by atoms with Gasteiger partial charge in [-0.25, -0.2) is 13.2 Å². The largest absolute Gasteiger partial charge is 0.453 e. The molecule has 184 valence electrons. The zero-order valence-corrected chi connectivity index (χ0v) is 20.5. The normalized spacial score (nSPS) is 21.5. The van der Waals surface area contributed by atoms with Gasteiger partial charge in [-0.2, -0.15) is 4.31 Å². The molecule has 0 atom stereocenters. The minimum Gasteiger partial charge on any atom is -0.453 e. The predicted molar refractivity (Wildman–Crippen MR) is 131 cm³/mol. The van der Waals surface area contributed by atoms with Crippen LogP contribution in [0.4, 0.5) is 10.5 Å². The third kappa shape index (κ3) is 5.17. The first-order valence-electron chi connectivity index (χ1n) is 11.8. The highest BCUT2D eigenvalue weighted by molar-refractivity contribution is 7.92. The van der Waals surface area contributed by atoms with Crippen molar-refractivity contribution in [3.05, 3.63) is 34.7 Å². The molecule has 2 fully saturated rings. The molecular formula is C24H32N4O5S. The number of hydrogen-bond donors (Lipinski definition) is 2. The number of ether oxygens (including phenoxy) is 1. The third-order valence-electron chi connectivity index (χ3n) is 7.03. The molecule has 2 N–H and O–H groups in total. The van der Waals surface area contributed by atoms with Crippen LogP contribution in [0.25, 0.3) is 6.08 Å². The average Bonchev–Trinajstić information content (AvgIpc) is 3.15. The number of rotatable bonds is 5. The number of carbonyl (C=O) groups excluding carboxylic acids is 2. The summed E-state index contributed by atoms with van der Waals surface area (Å²) < 4.78 is 32.0. The molecular weight excluding hydrogens is 456 g/mol. The van der Waals surface area contributed by atoms with E-state index in [-0.39, 0.29) is 19.0 Å². The van der Waals surface area contributed by atoms with Crippen molar-refractivity contribution in [1.29, 1.82) is 0 Å². The zero-order valence-electron chi connectivity index (χ0n) is 19.7. The van der Waals surface area contributed by atoms with Crippen molar-refractivity contribution in [1.82, 2.24) is 9.62 Å². The molecule has 1 aromatic carbocycles. The third-order valence-corrected chi connectivity index (χ3v) is 8.60. The Hall–Kier alpha value is -2.72. The fourth-order valence-electron chi connectivity index (χ4n) is 4.87. The first-order valence-corrected chi connectivity index (χ1v) is 13.3. The summed E-state index contributed by atoms with van der Waals surface area (Å²) in [5.74, 6) is 1.03. The Kier molecular flexibility index (Phi) is 7.09. The number of amides is 2. The maximum Gasteiger partial charge on any atom is 0.411 e. The molecule has 0 radical (unpaired) electrons. The Bertz CT molecular complexity index is 1110. The van der Waals surface area contributed by atoms with Gasteiger partial charge in [0.2, 0.25) is 10.0 Å². The van der Waals surface area contributed by atoms with Crippen LogP contribution < -0.4 is 10.6 Å². The molecule has 2 heterocycles. The van der Waals surface area contributed by atoms with Gasteiger partial charge in [0.05, 0.1) is 7.11 Å². The Labute approximate surface area is 200 Å². The minimum absolute atomic E-state index is 0.0915. The van der Waals surface area contributed by atoms with E-state index in [9.17, 15) is 18.0 Å². The van der Waals surface area contributed by atoms with Crippen molar-refractivity contribution < 1.29 is 22.7 Å². The van der Waals surface area contributed by atoms with Crippen molar-refractivity contribution in [3.63, 3.8) is 0 Å². The molecule has 4 rings (SSSR count). The lowest BCUT2D eigenvalue weighted by molar-refractivity contribution is -0.125. The average molecular weight is 489 g/mol. The second-order valence-electron chi connectivity index (χ2n) is 9.25. The van der Waals surface area contributed by atoms with Gasteiger partial charge in [-0.1, -0.05) is 25.3 Å². The fraction of sp³-hybridized carbons (Fsp3) is 0.542. The van der Waals surface area contributed by atoms with Crippen molar-refractivity contribution in [3.8, 4) is 0 Å². The highest BCUT2D eigenvalue weighted by atomic mass is 32.2. The quantitative estimate of drug-likeness (QED) is 0.659. The maximum absolute atomic E-state index is 13.0. The van der Waals surface area contributed by atoms with E-state index in [1.807, 2.05) is 6.92 Å². The molecule has 2 aliphatic heterocycles. The van der Waals surface area contributed by atoms with E-state index in [2.05, 4.69) is 15.4 Å². The Morgan fingerprint density at radius 1 is 1.24 bits per heavy atom. The SMILES string of the molecule is COC(=O)Nc1ccc(C)c(C=CS(=O)(=O)N2CCC3(CC2)N=C(C2CCCCC2)NC3=O)c1. The van der Waals surface area contributed by atoms with Gasteiger partial charge in [0.1, 0.15) is 11.4 Å². The van der Waals surface area contributed by atoms with Crippen molar-refractivity contribution in [2.75, 3.05) is 25.5 Å². The van der Waals surface area contributed by atoms with E-state index in [4.69, 9.17) is 4.99 Å². The Morgan fingerprint density at radius 3 is 2.62 bits per heavy atom. The van der Waals surface area contributed by atoms with Crippen LogP contribution in [0.3, 0.4) is 0 Å². The molecule has 0 aromatic heterocycles. The summed E-state index contributed by atoms with van der Waals surface area (Å²) in [6.07, 6.45) is 7.33. The van der Waals surface area contributed by atoms with Crippen molar-refractivity contribution in [2.24, 2.45) is 10.9 Å². The number of carbonyl (C=O) groups is 2. The summed E-state index contributed by atoms with van der Waals surface area (Å²) in [7, 11) is -2.40. The van der Waals surface area contributed by atoms with Crippen LogP contribution in [0.1, 0.15) is 56.1 Å². The lowest BCUT2D eigenvalue weighted by Crippen LogP contribution is -2.50. The molecule has 0 bridgehead atoms. The second-order valence-corrected chi connectivity index (χ2v) is 11.1.